The van der Waals surface area contributed by atoms with Gasteiger partial charge in [-0.3, -0.25) is 9.69 Å². The molecule has 22 heavy (non-hydrogen) atoms. The monoisotopic (exact) mass is 303 g/mol. The standard InChI is InChI=1S/C18H29N3O/c1-19-10-6-11-20-18(22)15-21-12-5-9-17(14-21)13-16-7-3-2-4-8-16/h2-4,7-8,17,19H,5-6,9-15H2,1H3,(H,20,22). The van der Waals surface area contributed by atoms with E-state index in [1.165, 1.54) is 18.4 Å². The first-order chi connectivity index (χ1) is 10.8. The molecule has 4 heteroatoms. The van der Waals surface area contributed by atoms with E-state index in [4.69, 9.17) is 0 Å². The molecule has 0 radical (unpaired) electrons. The normalized spacial score (nSPS) is 19.0. The molecule has 1 aliphatic heterocycles. The van der Waals surface area contributed by atoms with Gasteiger partial charge in [-0.25, -0.2) is 0 Å². The van der Waals surface area contributed by atoms with Gasteiger partial charge >= 0.3 is 0 Å². The molecule has 0 saturated carbocycles. The van der Waals surface area contributed by atoms with Crippen molar-refractivity contribution in [3.05, 3.63) is 35.9 Å². The molecule has 122 valence electrons. The number of rotatable bonds is 8. The first-order valence-corrected chi connectivity index (χ1v) is 8.45. The minimum absolute atomic E-state index is 0.163. The molecule has 2 N–H and O–H groups in total. The van der Waals surface area contributed by atoms with E-state index < -0.39 is 0 Å². The van der Waals surface area contributed by atoms with Crippen LogP contribution < -0.4 is 10.6 Å². The number of benzene rings is 1. The molecular weight excluding hydrogens is 274 g/mol. The molecule has 1 aromatic carbocycles. The highest BCUT2D eigenvalue weighted by Gasteiger charge is 2.21. The molecule has 1 aromatic rings. The van der Waals surface area contributed by atoms with E-state index in [0.717, 1.165) is 39.0 Å². The van der Waals surface area contributed by atoms with Crippen molar-refractivity contribution < 1.29 is 4.79 Å². The van der Waals surface area contributed by atoms with E-state index in [1.54, 1.807) is 0 Å². The van der Waals surface area contributed by atoms with E-state index in [0.29, 0.717) is 12.5 Å². The third-order valence-corrected chi connectivity index (χ3v) is 4.26. The molecule has 0 aliphatic carbocycles. The summed E-state index contributed by atoms with van der Waals surface area (Å²) in [5.74, 6) is 0.838. The number of amides is 1. The number of hydrogen-bond donors (Lipinski definition) is 2. The van der Waals surface area contributed by atoms with Crippen molar-refractivity contribution in [2.24, 2.45) is 5.92 Å². The van der Waals surface area contributed by atoms with Crippen molar-refractivity contribution in [1.29, 1.82) is 0 Å². The predicted octanol–water partition coefficient (Wildman–Crippen LogP) is 1.67. The Kier molecular flexibility index (Phi) is 7.40. The molecule has 1 atom stereocenters. The quantitative estimate of drug-likeness (QED) is 0.718. The van der Waals surface area contributed by atoms with Crippen LogP contribution in [0.5, 0.6) is 0 Å². The molecule has 1 fully saturated rings. The van der Waals surface area contributed by atoms with Crippen LogP contribution in [-0.2, 0) is 11.2 Å². The highest BCUT2D eigenvalue weighted by Crippen LogP contribution is 2.20. The van der Waals surface area contributed by atoms with Gasteiger partial charge < -0.3 is 10.6 Å². The van der Waals surface area contributed by atoms with E-state index >= 15 is 0 Å². The zero-order chi connectivity index (χ0) is 15.6. The van der Waals surface area contributed by atoms with Crippen LogP contribution in [0.15, 0.2) is 30.3 Å². The van der Waals surface area contributed by atoms with Gasteiger partial charge in [0.1, 0.15) is 0 Å². The highest BCUT2D eigenvalue weighted by atomic mass is 16.2. The summed E-state index contributed by atoms with van der Waals surface area (Å²) >= 11 is 0. The number of nitrogens with one attached hydrogen (secondary N) is 2. The first kappa shape index (κ1) is 17.0. The number of carbonyl (C=O) groups excluding carboxylic acids is 1. The lowest BCUT2D eigenvalue weighted by Crippen LogP contribution is -2.43. The van der Waals surface area contributed by atoms with E-state index in [9.17, 15) is 4.79 Å². The fraction of sp³-hybridized carbons (Fsp3) is 0.611. The average Bonchev–Trinajstić information content (AvgIpc) is 2.53. The van der Waals surface area contributed by atoms with Crippen LogP contribution in [0.4, 0.5) is 0 Å². The van der Waals surface area contributed by atoms with Crippen molar-refractivity contribution in [1.82, 2.24) is 15.5 Å². The van der Waals surface area contributed by atoms with Gasteiger partial charge in [0.05, 0.1) is 6.54 Å². The summed E-state index contributed by atoms with van der Waals surface area (Å²) in [6.07, 6.45) is 4.58. The fourth-order valence-electron chi connectivity index (χ4n) is 3.16. The SMILES string of the molecule is CNCCCNC(=O)CN1CCCC(Cc2ccccc2)C1. The molecule has 1 aliphatic rings. The van der Waals surface area contributed by atoms with Gasteiger partial charge in [-0.05, 0) is 57.3 Å². The Labute approximate surface area is 134 Å². The molecule has 1 saturated heterocycles. The third kappa shape index (κ3) is 6.16. The van der Waals surface area contributed by atoms with Crippen LogP contribution in [0.1, 0.15) is 24.8 Å². The zero-order valence-corrected chi connectivity index (χ0v) is 13.7. The summed E-state index contributed by atoms with van der Waals surface area (Å²) in [4.78, 5) is 14.3. The van der Waals surface area contributed by atoms with Crippen LogP contribution in [0.2, 0.25) is 0 Å². The second kappa shape index (κ2) is 9.59. The van der Waals surface area contributed by atoms with Crippen molar-refractivity contribution >= 4 is 5.91 Å². The smallest absolute Gasteiger partial charge is 0.234 e. The van der Waals surface area contributed by atoms with Crippen LogP contribution in [0, 0.1) is 5.92 Å². The zero-order valence-electron chi connectivity index (χ0n) is 13.7. The largest absolute Gasteiger partial charge is 0.355 e. The lowest BCUT2D eigenvalue weighted by atomic mass is 9.91. The maximum absolute atomic E-state index is 12.0. The molecule has 4 nitrogen and oxygen atoms in total. The summed E-state index contributed by atoms with van der Waals surface area (Å²) in [6.45, 7) is 4.35. The second-order valence-electron chi connectivity index (χ2n) is 6.24. The van der Waals surface area contributed by atoms with Gasteiger partial charge in [0.15, 0.2) is 0 Å². The van der Waals surface area contributed by atoms with Gasteiger partial charge in [-0.2, -0.15) is 0 Å². The highest BCUT2D eigenvalue weighted by molar-refractivity contribution is 5.77. The third-order valence-electron chi connectivity index (χ3n) is 4.26. The van der Waals surface area contributed by atoms with Gasteiger partial charge in [0.25, 0.3) is 0 Å². The summed E-state index contributed by atoms with van der Waals surface area (Å²) in [7, 11) is 1.93. The van der Waals surface area contributed by atoms with Crippen molar-refractivity contribution in [3.8, 4) is 0 Å². The summed E-state index contributed by atoms with van der Waals surface area (Å²) in [6, 6.07) is 10.7. The topological polar surface area (TPSA) is 44.4 Å². The molecule has 1 amide bonds. The Morgan fingerprint density at radius 2 is 2.09 bits per heavy atom. The Bertz CT molecular complexity index is 435. The predicted molar refractivity (Wildman–Crippen MR) is 90.9 cm³/mol. The number of piperidine rings is 1. The summed E-state index contributed by atoms with van der Waals surface area (Å²) in [5.41, 5.74) is 1.41. The molecule has 1 heterocycles. The lowest BCUT2D eigenvalue weighted by Gasteiger charge is -2.32. The molecule has 1 unspecified atom stereocenters. The van der Waals surface area contributed by atoms with Gasteiger partial charge in [-0.15, -0.1) is 0 Å². The second-order valence-corrected chi connectivity index (χ2v) is 6.24. The fourth-order valence-corrected chi connectivity index (χ4v) is 3.16. The Morgan fingerprint density at radius 1 is 1.27 bits per heavy atom. The number of hydrogen-bond acceptors (Lipinski definition) is 3. The van der Waals surface area contributed by atoms with Gasteiger partial charge in [0, 0.05) is 13.1 Å². The van der Waals surface area contributed by atoms with Gasteiger partial charge in [0.2, 0.25) is 5.91 Å². The van der Waals surface area contributed by atoms with Crippen LogP contribution in [0.3, 0.4) is 0 Å². The summed E-state index contributed by atoms with van der Waals surface area (Å²) < 4.78 is 0. The molecule has 0 aromatic heterocycles. The van der Waals surface area contributed by atoms with E-state index in [1.807, 2.05) is 7.05 Å². The molecule has 0 bridgehead atoms. The maximum atomic E-state index is 12.0. The average molecular weight is 303 g/mol. The number of nitrogens with zero attached hydrogens (tertiary/aromatic N) is 1. The maximum Gasteiger partial charge on any atom is 0.234 e. The molecule has 0 spiro atoms. The Balaban J connectivity index is 1.70. The summed E-state index contributed by atoms with van der Waals surface area (Å²) in [5, 5.41) is 6.10. The van der Waals surface area contributed by atoms with E-state index in [2.05, 4.69) is 45.9 Å². The molecule has 2 rings (SSSR count). The van der Waals surface area contributed by atoms with Crippen LogP contribution in [-0.4, -0.2) is 50.6 Å². The van der Waals surface area contributed by atoms with Crippen molar-refractivity contribution in [3.63, 3.8) is 0 Å². The van der Waals surface area contributed by atoms with Crippen molar-refractivity contribution in [2.75, 3.05) is 39.8 Å². The molecular formula is C18H29N3O. The Morgan fingerprint density at radius 3 is 2.86 bits per heavy atom. The minimum Gasteiger partial charge on any atom is -0.355 e. The van der Waals surface area contributed by atoms with Crippen molar-refractivity contribution in [2.45, 2.75) is 25.7 Å². The Hall–Kier alpha value is -1.39. The van der Waals surface area contributed by atoms with Gasteiger partial charge in [-0.1, -0.05) is 30.3 Å². The lowest BCUT2D eigenvalue weighted by molar-refractivity contribution is -0.122. The first-order valence-electron chi connectivity index (χ1n) is 8.45. The van der Waals surface area contributed by atoms with Crippen LogP contribution >= 0.6 is 0 Å². The van der Waals surface area contributed by atoms with Crippen LogP contribution in [0.25, 0.3) is 0 Å². The number of likely N-dealkylation sites (tertiary alicyclic amines) is 1. The number of carbonyl (C=O) groups is 1. The minimum atomic E-state index is 0.163. The van der Waals surface area contributed by atoms with E-state index in [-0.39, 0.29) is 5.91 Å².